The van der Waals surface area contributed by atoms with E-state index in [4.69, 9.17) is 0 Å². The molecular weight excluding hydrogens is 529 g/mol. The third-order valence-electron chi connectivity index (χ3n) is 6.73. The second kappa shape index (κ2) is 14.1. The Kier molecular flexibility index (Phi) is 10.8. The highest BCUT2D eigenvalue weighted by atomic mass is 32.2. The highest BCUT2D eigenvalue weighted by Gasteiger charge is 2.33. The van der Waals surface area contributed by atoms with Gasteiger partial charge in [-0.2, -0.15) is 0 Å². The molecule has 1 N–H and O–H groups in total. The Balaban J connectivity index is 2.06. The average Bonchev–Trinajstić information content (AvgIpc) is 2.91. The summed E-state index contributed by atoms with van der Waals surface area (Å²) in [5.41, 5.74) is 3.33. The van der Waals surface area contributed by atoms with Crippen molar-refractivity contribution in [3.05, 3.63) is 101 Å². The molecule has 0 aliphatic heterocycles. The molecule has 7 nitrogen and oxygen atoms in total. The van der Waals surface area contributed by atoms with Gasteiger partial charge in [0.1, 0.15) is 18.4 Å². The van der Waals surface area contributed by atoms with Crippen molar-refractivity contribution in [1.82, 2.24) is 10.2 Å². The lowest BCUT2D eigenvalue weighted by molar-refractivity contribution is -0.140. The van der Waals surface area contributed by atoms with Crippen molar-refractivity contribution in [1.29, 1.82) is 0 Å². The van der Waals surface area contributed by atoms with Crippen LogP contribution < -0.4 is 9.62 Å². The number of aryl methyl sites for hydroxylation is 2. The maximum absolute atomic E-state index is 14.1. The number of nitrogens with zero attached hydrogens (tertiary/aromatic N) is 2. The van der Waals surface area contributed by atoms with E-state index in [9.17, 15) is 22.4 Å². The molecule has 2 amide bonds. The number of benzene rings is 3. The van der Waals surface area contributed by atoms with Gasteiger partial charge in [-0.15, -0.1) is 0 Å². The number of sulfonamides is 1. The molecule has 1 unspecified atom stereocenters. The van der Waals surface area contributed by atoms with E-state index in [0.29, 0.717) is 28.9 Å². The lowest BCUT2D eigenvalue weighted by Gasteiger charge is -2.34. The van der Waals surface area contributed by atoms with Crippen LogP contribution in [0, 0.1) is 19.7 Å². The lowest BCUT2D eigenvalue weighted by Crippen LogP contribution is -2.53. The van der Waals surface area contributed by atoms with Gasteiger partial charge in [0.05, 0.1) is 11.9 Å². The Labute approximate surface area is 237 Å². The molecule has 9 heteroatoms. The van der Waals surface area contributed by atoms with Crippen molar-refractivity contribution in [2.75, 3.05) is 23.7 Å². The minimum absolute atomic E-state index is 0.00215. The Hall–Kier alpha value is -3.72. The molecule has 3 rings (SSSR count). The first-order chi connectivity index (χ1) is 19.0. The molecule has 0 spiro atoms. The first kappa shape index (κ1) is 30.8. The predicted molar refractivity (Wildman–Crippen MR) is 157 cm³/mol. The molecule has 0 aliphatic rings. The monoisotopic (exact) mass is 567 g/mol. The van der Waals surface area contributed by atoms with Gasteiger partial charge in [0.15, 0.2) is 0 Å². The van der Waals surface area contributed by atoms with E-state index in [1.54, 1.807) is 38.1 Å². The van der Waals surface area contributed by atoms with Gasteiger partial charge in [-0.25, -0.2) is 12.8 Å². The molecule has 3 aromatic rings. The number of amides is 2. The van der Waals surface area contributed by atoms with E-state index in [1.165, 1.54) is 17.0 Å². The highest BCUT2D eigenvalue weighted by molar-refractivity contribution is 7.92. The number of carbonyl (C=O) groups excluding carboxylic acids is 2. The number of carbonyl (C=O) groups is 2. The SMILES string of the molecule is CCCCNC(=O)C(Cc1ccccc1)N(Cc1ccc(F)cc1)C(=O)CN(c1c(C)cccc1C)S(C)(=O)=O. The van der Waals surface area contributed by atoms with Crippen LogP contribution in [0.25, 0.3) is 0 Å². The van der Waals surface area contributed by atoms with E-state index in [1.807, 2.05) is 43.3 Å². The summed E-state index contributed by atoms with van der Waals surface area (Å²) in [5.74, 6) is -1.28. The van der Waals surface area contributed by atoms with Crippen molar-refractivity contribution >= 4 is 27.5 Å². The molecular formula is C31H38FN3O4S. The second-order valence-corrected chi connectivity index (χ2v) is 11.9. The third-order valence-corrected chi connectivity index (χ3v) is 7.85. The number of para-hydroxylation sites is 1. The standard InChI is InChI=1S/C31H38FN3O4S/c1-5-6-19-33-31(37)28(20-25-13-8-7-9-14-25)34(21-26-15-17-27(32)18-16-26)29(36)22-35(40(4,38)39)30-23(2)11-10-12-24(30)3/h7-18,28H,5-6,19-22H2,1-4H3,(H,33,37). The number of unbranched alkanes of at least 4 members (excludes halogenated alkanes) is 1. The van der Waals surface area contributed by atoms with Gasteiger partial charge in [-0.05, 0) is 54.7 Å². The topological polar surface area (TPSA) is 86.8 Å². The largest absolute Gasteiger partial charge is 0.354 e. The fraction of sp³-hybridized carbons (Fsp3) is 0.355. The number of hydrogen-bond donors (Lipinski definition) is 1. The van der Waals surface area contributed by atoms with Crippen LogP contribution >= 0.6 is 0 Å². The second-order valence-electron chi connectivity index (χ2n) is 10.0. The molecule has 214 valence electrons. The van der Waals surface area contributed by atoms with Crippen molar-refractivity contribution < 1.29 is 22.4 Å². The number of halogens is 1. The Morgan fingerprint density at radius 1 is 0.900 bits per heavy atom. The molecule has 0 radical (unpaired) electrons. The van der Waals surface area contributed by atoms with E-state index >= 15 is 0 Å². The summed E-state index contributed by atoms with van der Waals surface area (Å²) >= 11 is 0. The fourth-order valence-corrected chi connectivity index (χ4v) is 5.59. The maximum atomic E-state index is 14.1. The van der Waals surface area contributed by atoms with Gasteiger partial charge in [-0.1, -0.05) is 74.0 Å². The van der Waals surface area contributed by atoms with Crippen LogP contribution in [0.3, 0.4) is 0 Å². The number of hydrogen-bond acceptors (Lipinski definition) is 4. The Bertz CT molecular complexity index is 1380. The van der Waals surface area contributed by atoms with Crippen LogP contribution in [0.15, 0.2) is 72.8 Å². The summed E-state index contributed by atoms with van der Waals surface area (Å²) < 4.78 is 40.8. The number of rotatable bonds is 13. The first-order valence-corrected chi connectivity index (χ1v) is 15.3. The fourth-order valence-electron chi connectivity index (χ4n) is 4.62. The minimum Gasteiger partial charge on any atom is -0.354 e. The zero-order chi connectivity index (χ0) is 29.3. The summed E-state index contributed by atoms with van der Waals surface area (Å²) in [6, 6.07) is 19.6. The normalized spacial score (nSPS) is 12.0. The van der Waals surface area contributed by atoms with Crippen LogP contribution in [0.5, 0.6) is 0 Å². The summed E-state index contributed by atoms with van der Waals surface area (Å²) in [7, 11) is -3.86. The molecule has 0 saturated heterocycles. The maximum Gasteiger partial charge on any atom is 0.244 e. The quantitative estimate of drug-likeness (QED) is 0.302. The van der Waals surface area contributed by atoms with E-state index in [0.717, 1.165) is 29.0 Å². The summed E-state index contributed by atoms with van der Waals surface area (Å²) in [4.78, 5) is 29.1. The zero-order valence-corrected chi connectivity index (χ0v) is 24.4. The van der Waals surface area contributed by atoms with Gasteiger partial charge in [0.2, 0.25) is 21.8 Å². The zero-order valence-electron chi connectivity index (χ0n) is 23.6. The first-order valence-electron chi connectivity index (χ1n) is 13.4. The van der Waals surface area contributed by atoms with Gasteiger partial charge >= 0.3 is 0 Å². The smallest absolute Gasteiger partial charge is 0.244 e. The van der Waals surface area contributed by atoms with Crippen LogP contribution in [0.1, 0.15) is 42.0 Å². The van der Waals surface area contributed by atoms with Crippen molar-refractivity contribution in [3.63, 3.8) is 0 Å². The number of anilines is 1. The Morgan fingerprint density at radius 2 is 1.52 bits per heavy atom. The van der Waals surface area contributed by atoms with Gasteiger partial charge < -0.3 is 10.2 Å². The molecule has 40 heavy (non-hydrogen) atoms. The van der Waals surface area contributed by atoms with Crippen LogP contribution in [-0.2, 0) is 32.6 Å². The summed E-state index contributed by atoms with van der Waals surface area (Å²) in [5, 5.41) is 2.94. The third kappa shape index (κ3) is 8.39. The molecule has 0 bridgehead atoms. The molecule has 0 heterocycles. The van der Waals surface area contributed by atoms with Crippen LogP contribution in [-0.4, -0.2) is 50.5 Å². The van der Waals surface area contributed by atoms with Gasteiger partial charge in [0.25, 0.3) is 0 Å². The molecule has 3 aromatic carbocycles. The van der Waals surface area contributed by atoms with E-state index in [2.05, 4.69) is 5.32 Å². The number of nitrogens with one attached hydrogen (secondary N) is 1. The van der Waals surface area contributed by atoms with Crippen molar-refractivity contribution in [2.45, 2.75) is 52.6 Å². The molecule has 0 aliphatic carbocycles. The molecule has 0 fully saturated rings. The summed E-state index contributed by atoms with van der Waals surface area (Å²) in [6.07, 6.45) is 2.97. The Morgan fingerprint density at radius 3 is 2.10 bits per heavy atom. The minimum atomic E-state index is -3.86. The summed E-state index contributed by atoms with van der Waals surface area (Å²) in [6.45, 7) is 5.57. The van der Waals surface area contributed by atoms with Crippen LogP contribution in [0.4, 0.5) is 10.1 Å². The van der Waals surface area contributed by atoms with Crippen molar-refractivity contribution in [3.8, 4) is 0 Å². The van der Waals surface area contributed by atoms with E-state index < -0.39 is 34.3 Å². The van der Waals surface area contributed by atoms with Gasteiger partial charge in [0, 0.05) is 19.5 Å². The average molecular weight is 568 g/mol. The van der Waals surface area contributed by atoms with E-state index in [-0.39, 0.29) is 18.9 Å². The molecule has 0 aromatic heterocycles. The molecule has 0 saturated carbocycles. The van der Waals surface area contributed by atoms with Crippen LogP contribution in [0.2, 0.25) is 0 Å². The molecule has 1 atom stereocenters. The predicted octanol–water partition coefficient (Wildman–Crippen LogP) is 4.76. The highest BCUT2D eigenvalue weighted by Crippen LogP contribution is 2.27. The van der Waals surface area contributed by atoms with Gasteiger partial charge in [-0.3, -0.25) is 13.9 Å². The van der Waals surface area contributed by atoms with Crippen molar-refractivity contribution in [2.24, 2.45) is 0 Å². The lowest BCUT2D eigenvalue weighted by atomic mass is 10.0.